The van der Waals surface area contributed by atoms with E-state index in [9.17, 15) is 4.39 Å². The van der Waals surface area contributed by atoms with Crippen LogP contribution in [0.3, 0.4) is 0 Å². The fourth-order valence-corrected chi connectivity index (χ4v) is 4.07. The average molecular weight is 471 g/mol. The Balaban J connectivity index is 1.33. The van der Waals surface area contributed by atoms with Gasteiger partial charge < -0.3 is 4.98 Å². The van der Waals surface area contributed by atoms with Gasteiger partial charge in [0.25, 0.3) is 0 Å². The third-order valence-corrected chi connectivity index (χ3v) is 5.75. The topological polar surface area (TPSA) is 97.5 Å². The van der Waals surface area contributed by atoms with Crippen molar-refractivity contribution in [3.8, 4) is 11.3 Å². The summed E-state index contributed by atoms with van der Waals surface area (Å²) in [7, 11) is 0. The lowest BCUT2D eigenvalue weighted by atomic mass is 9.99. The van der Waals surface area contributed by atoms with E-state index in [1.54, 1.807) is 29.5 Å². The zero-order valence-corrected chi connectivity index (χ0v) is 18.4. The Morgan fingerprint density at radius 2 is 2.00 bits per heavy atom. The third-order valence-electron chi connectivity index (χ3n) is 5.52. The van der Waals surface area contributed by atoms with Gasteiger partial charge in [0.05, 0.1) is 53.7 Å². The number of aliphatic imine (C=N–C) groups is 1. The van der Waals surface area contributed by atoms with Crippen LogP contribution in [0, 0.1) is 5.82 Å². The summed E-state index contributed by atoms with van der Waals surface area (Å²) in [5.74, 6) is -0.376. The average Bonchev–Trinajstić information content (AvgIpc) is 3.62. The quantitative estimate of drug-likeness (QED) is 0.412. The summed E-state index contributed by atoms with van der Waals surface area (Å²) in [5.41, 5.74) is 6.19. The molecule has 0 bridgehead atoms. The van der Waals surface area contributed by atoms with Crippen LogP contribution < -0.4 is 0 Å². The molecule has 1 aromatic carbocycles. The number of pyridine rings is 2. The molecule has 6 rings (SSSR count). The number of aromatic nitrogens is 7. The lowest BCUT2D eigenvalue weighted by molar-refractivity contribution is 0.625. The number of H-pyrrole nitrogens is 1. The zero-order chi connectivity index (χ0) is 23.1. The second-order valence-electron chi connectivity index (χ2n) is 7.77. The van der Waals surface area contributed by atoms with E-state index < -0.39 is 0 Å². The number of nitrogens with one attached hydrogen (secondary N) is 1. The Kier molecular flexibility index (Phi) is 4.96. The van der Waals surface area contributed by atoms with E-state index in [0.717, 1.165) is 22.3 Å². The van der Waals surface area contributed by atoms with Gasteiger partial charge in [0.1, 0.15) is 11.5 Å². The monoisotopic (exact) mass is 470 g/mol. The van der Waals surface area contributed by atoms with Crippen LogP contribution in [-0.4, -0.2) is 47.2 Å². The maximum absolute atomic E-state index is 14.5. The van der Waals surface area contributed by atoms with Crippen LogP contribution in [0.4, 0.5) is 4.39 Å². The number of halogens is 2. The molecule has 1 aliphatic rings. The van der Waals surface area contributed by atoms with Gasteiger partial charge in [-0.1, -0.05) is 22.9 Å². The van der Waals surface area contributed by atoms with Crippen LogP contribution in [0.1, 0.15) is 17.0 Å². The van der Waals surface area contributed by atoms with Crippen LogP contribution in [0.5, 0.6) is 0 Å². The van der Waals surface area contributed by atoms with Crippen LogP contribution in [-0.2, 0) is 6.54 Å². The second kappa shape index (κ2) is 8.27. The normalized spacial score (nSPS) is 13.4. The first-order valence-electron chi connectivity index (χ1n) is 10.5. The summed E-state index contributed by atoms with van der Waals surface area (Å²) in [6.45, 7) is 0.987. The van der Waals surface area contributed by atoms with E-state index >= 15 is 0 Å². The van der Waals surface area contributed by atoms with E-state index in [2.05, 4.69) is 30.3 Å². The predicted octanol–water partition coefficient (Wildman–Crippen LogP) is 4.34. The molecule has 0 amide bonds. The van der Waals surface area contributed by atoms with Crippen molar-refractivity contribution in [2.24, 2.45) is 4.99 Å². The minimum absolute atomic E-state index is 0.360. The third kappa shape index (κ3) is 3.75. The number of nitrogens with zero attached hydrogens (tertiary/aromatic N) is 7. The molecular weight excluding hydrogens is 455 g/mol. The summed E-state index contributed by atoms with van der Waals surface area (Å²) in [4.78, 5) is 20.9. The van der Waals surface area contributed by atoms with Gasteiger partial charge in [0.2, 0.25) is 0 Å². The molecule has 0 unspecified atom stereocenters. The molecule has 0 radical (unpaired) electrons. The molecule has 0 fully saturated rings. The van der Waals surface area contributed by atoms with Crippen LogP contribution in [0.2, 0.25) is 5.02 Å². The smallest absolute Gasteiger partial charge is 0.132 e. The van der Waals surface area contributed by atoms with Crippen molar-refractivity contribution < 1.29 is 4.39 Å². The number of hydrogen-bond donors (Lipinski definition) is 1. The van der Waals surface area contributed by atoms with Gasteiger partial charge in [-0.05, 0) is 36.4 Å². The lowest BCUT2D eigenvalue weighted by Gasteiger charge is -2.10. The van der Waals surface area contributed by atoms with Gasteiger partial charge in [0, 0.05) is 34.1 Å². The molecule has 0 atom stereocenters. The number of rotatable bonds is 5. The van der Waals surface area contributed by atoms with Crippen molar-refractivity contribution in [3.05, 3.63) is 95.2 Å². The molecule has 0 saturated carbocycles. The van der Waals surface area contributed by atoms with E-state index in [0.29, 0.717) is 46.3 Å². The molecule has 8 nitrogen and oxygen atoms in total. The Morgan fingerprint density at radius 3 is 2.88 bits per heavy atom. The van der Waals surface area contributed by atoms with Crippen molar-refractivity contribution in [2.75, 3.05) is 6.54 Å². The van der Waals surface area contributed by atoms with Gasteiger partial charge in [-0.25, -0.2) is 19.0 Å². The van der Waals surface area contributed by atoms with Crippen molar-refractivity contribution >= 4 is 33.9 Å². The molecule has 0 spiro atoms. The summed E-state index contributed by atoms with van der Waals surface area (Å²) < 4.78 is 16.2. The van der Waals surface area contributed by atoms with Crippen LogP contribution in [0.25, 0.3) is 27.9 Å². The molecule has 10 heteroatoms. The number of aromatic amines is 1. The van der Waals surface area contributed by atoms with Gasteiger partial charge >= 0.3 is 0 Å². The maximum atomic E-state index is 14.5. The summed E-state index contributed by atoms with van der Waals surface area (Å²) >= 11 is 6.10. The highest BCUT2D eigenvalue weighted by Crippen LogP contribution is 2.28. The summed E-state index contributed by atoms with van der Waals surface area (Å²) in [6, 6.07) is 10.1. The molecular formula is C24H16ClFN8. The van der Waals surface area contributed by atoms with Crippen molar-refractivity contribution in [2.45, 2.75) is 6.54 Å². The Hall–Kier alpha value is -4.24. The molecule has 5 heterocycles. The highest BCUT2D eigenvalue weighted by molar-refractivity contribution is 6.35. The molecule has 4 aromatic heterocycles. The van der Waals surface area contributed by atoms with Gasteiger partial charge in [-0.2, -0.15) is 0 Å². The number of allylic oxidation sites excluding steroid dienone is 1. The van der Waals surface area contributed by atoms with E-state index in [4.69, 9.17) is 16.6 Å². The van der Waals surface area contributed by atoms with E-state index in [1.807, 2.05) is 30.5 Å². The second-order valence-corrected chi connectivity index (χ2v) is 8.20. The number of benzene rings is 1. The fourth-order valence-electron chi connectivity index (χ4n) is 3.90. The first-order valence-corrected chi connectivity index (χ1v) is 10.9. The molecule has 5 aromatic rings. The van der Waals surface area contributed by atoms with E-state index in [1.165, 1.54) is 12.1 Å². The van der Waals surface area contributed by atoms with Crippen molar-refractivity contribution in [3.63, 3.8) is 0 Å². The Morgan fingerprint density at radius 1 is 1.06 bits per heavy atom. The standard InChI is InChI=1S/C24H16ClFN8/c25-15-1-2-19(26)18(8-15)24-17(5-6-28-24)20-3-4-21-22(31-20)7-14(9-29-21)23-12-34(33-32-23)11-16-10-27-13-30-16/h1-5,7-10,12-13H,6,11H2,(H,27,30). The number of imidazole rings is 1. The maximum Gasteiger partial charge on any atom is 0.132 e. The number of hydrogen-bond acceptors (Lipinski definition) is 6. The van der Waals surface area contributed by atoms with Crippen LogP contribution in [0.15, 0.2) is 72.4 Å². The molecule has 0 saturated heterocycles. The molecule has 34 heavy (non-hydrogen) atoms. The molecule has 166 valence electrons. The van der Waals surface area contributed by atoms with Crippen molar-refractivity contribution in [1.82, 2.24) is 34.9 Å². The fraction of sp³-hybridized carbons (Fsp3) is 0.0833. The van der Waals surface area contributed by atoms with Crippen LogP contribution >= 0.6 is 11.6 Å². The minimum atomic E-state index is -0.376. The minimum Gasteiger partial charge on any atom is -0.347 e. The summed E-state index contributed by atoms with van der Waals surface area (Å²) in [5, 5.41) is 8.91. The SMILES string of the molecule is Fc1ccc(Cl)cc1C1=NCC=C1c1ccc2ncc(-c3cn(Cc4cnc[nH]4)nn3)cc2n1. The van der Waals surface area contributed by atoms with Gasteiger partial charge in [-0.3, -0.25) is 9.98 Å². The molecule has 0 aliphatic carbocycles. The zero-order valence-electron chi connectivity index (χ0n) is 17.7. The first kappa shape index (κ1) is 20.4. The molecule has 1 N–H and O–H groups in total. The predicted molar refractivity (Wildman–Crippen MR) is 127 cm³/mol. The van der Waals surface area contributed by atoms with E-state index in [-0.39, 0.29) is 5.82 Å². The van der Waals surface area contributed by atoms with Gasteiger partial charge in [0.15, 0.2) is 0 Å². The largest absolute Gasteiger partial charge is 0.347 e. The molecule has 1 aliphatic heterocycles. The summed E-state index contributed by atoms with van der Waals surface area (Å²) in [6.07, 6.45) is 8.90. The number of fused-ring (bicyclic) bond motifs is 1. The van der Waals surface area contributed by atoms with Gasteiger partial charge in [-0.15, -0.1) is 5.10 Å². The Labute approximate surface area is 197 Å². The van der Waals surface area contributed by atoms with Crippen molar-refractivity contribution in [1.29, 1.82) is 0 Å². The first-order chi connectivity index (χ1) is 16.6. The lowest BCUT2D eigenvalue weighted by Crippen LogP contribution is -2.06. The highest BCUT2D eigenvalue weighted by Gasteiger charge is 2.21. The highest BCUT2D eigenvalue weighted by atomic mass is 35.5. The Bertz CT molecular complexity index is 1590.